The van der Waals surface area contributed by atoms with Crippen molar-refractivity contribution in [1.82, 2.24) is 9.97 Å². The molecule has 0 radical (unpaired) electrons. The Morgan fingerprint density at radius 1 is 1.05 bits per heavy atom. The molecule has 0 amide bonds. The Kier molecular flexibility index (Phi) is 3.95. The van der Waals surface area contributed by atoms with Crippen LogP contribution in [0.25, 0.3) is 0 Å². The first kappa shape index (κ1) is 13.7. The molecule has 0 saturated heterocycles. The van der Waals surface area contributed by atoms with E-state index < -0.39 is 0 Å². The lowest BCUT2D eigenvalue weighted by Crippen LogP contribution is -2.14. The summed E-state index contributed by atoms with van der Waals surface area (Å²) in [5, 5.41) is 9.99. The second-order valence-electron chi connectivity index (χ2n) is 4.53. The number of aryl methyl sites for hydroxylation is 1. The van der Waals surface area contributed by atoms with Crippen LogP contribution in [0.5, 0.6) is 5.75 Å². The number of aromatic hydroxyl groups is 1. The summed E-state index contributed by atoms with van der Waals surface area (Å²) in [6.45, 7) is 4.02. The maximum absolute atomic E-state index is 9.27. The van der Waals surface area contributed by atoms with Gasteiger partial charge in [-0.25, -0.2) is 9.97 Å². The number of phenols is 1. The summed E-state index contributed by atoms with van der Waals surface area (Å²) in [6.07, 6.45) is 0. The van der Waals surface area contributed by atoms with Crippen LogP contribution in [0, 0.1) is 13.8 Å². The zero-order chi connectivity index (χ0) is 14.0. The van der Waals surface area contributed by atoms with Crippen LogP contribution in [-0.2, 0) is 0 Å². The average molecular weight is 275 g/mol. The lowest BCUT2D eigenvalue weighted by Gasteiger charge is -2.16. The minimum atomic E-state index is 0.263. The molecule has 2 rings (SSSR count). The van der Waals surface area contributed by atoms with Crippen LogP contribution >= 0.6 is 11.8 Å². The number of benzene rings is 1. The first-order valence-corrected chi connectivity index (χ1v) is 6.78. The fourth-order valence-corrected chi connectivity index (χ4v) is 2.49. The molecule has 1 N–H and O–H groups in total. The Hall–Kier alpha value is -1.75. The van der Waals surface area contributed by atoms with Crippen LogP contribution in [0.15, 0.2) is 34.3 Å². The second kappa shape index (κ2) is 5.48. The Morgan fingerprint density at radius 3 is 2.26 bits per heavy atom. The predicted molar refractivity (Wildman–Crippen MR) is 78.1 cm³/mol. The van der Waals surface area contributed by atoms with Gasteiger partial charge < -0.3 is 10.0 Å². The van der Waals surface area contributed by atoms with E-state index in [1.54, 1.807) is 12.1 Å². The highest BCUT2D eigenvalue weighted by Crippen LogP contribution is 2.29. The number of hydrogen-bond acceptors (Lipinski definition) is 5. The fraction of sp³-hybridized carbons (Fsp3) is 0.286. The van der Waals surface area contributed by atoms with Crippen LogP contribution in [0.1, 0.15) is 11.3 Å². The van der Waals surface area contributed by atoms with Gasteiger partial charge in [-0.2, -0.15) is 0 Å². The van der Waals surface area contributed by atoms with Crippen molar-refractivity contribution < 1.29 is 5.11 Å². The molecule has 0 aliphatic carbocycles. The van der Waals surface area contributed by atoms with E-state index in [9.17, 15) is 5.11 Å². The third-order valence-electron chi connectivity index (χ3n) is 2.81. The van der Waals surface area contributed by atoms with Crippen molar-refractivity contribution in [2.75, 3.05) is 19.0 Å². The summed E-state index contributed by atoms with van der Waals surface area (Å²) >= 11 is 1.49. The van der Waals surface area contributed by atoms with Gasteiger partial charge in [0.15, 0.2) is 5.16 Å². The maximum Gasteiger partial charge on any atom is 0.194 e. The minimum Gasteiger partial charge on any atom is -0.508 e. The van der Waals surface area contributed by atoms with Crippen LogP contribution in [0.3, 0.4) is 0 Å². The molecule has 1 aromatic carbocycles. The van der Waals surface area contributed by atoms with Gasteiger partial charge in [-0.1, -0.05) is 0 Å². The summed E-state index contributed by atoms with van der Waals surface area (Å²) in [4.78, 5) is 12.1. The van der Waals surface area contributed by atoms with Crippen molar-refractivity contribution in [2.24, 2.45) is 0 Å². The summed E-state index contributed by atoms with van der Waals surface area (Å²) in [7, 11) is 3.95. The minimum absolute atomic E-state index is 0.263. The van der Waals surface area contributed by atoms with Gasteiger partial charge in [0.25, 0.3) is 0 Å². The predicted octanol–water partition coefficient (Wildman–Crippen LogP) is 3.02. The van der Waals surface area contributed by atoms with E-state index in [1.807, 2.05) is 45.0 Å². The molecule has 0 unspecified atom stereocenters. The molecule has 19 heavy (non-hydrogen) atoms. The molecule has 0 atom stereocenters. The van der Waals surface area contributed by atoms with Crippen molar-refractivity contribution in [1.29, 1.82) is 0 Å². The highest BCUT2D eigenvalue weighted by Gasteiger charge is 2.10. The summed E-state index contributed by atoms with van der Waals surface area (Å²) in [5.41, 5.74) is 2.08. The summed E-state index contributed by atoms with van der Waals surface area (Å²) in [5.74, 6) is 1.20. The van der Waals surface area contributed by atoms with E-state index in [2.05, 4.69) is 9.97 Å². The molecule has 0 bridgehead atoms. The summed E-state index contributed by atoms with van der Waals surface area (Å²) < 4.78 is 0. The molecule has 0 aliphatic heterocycles. The summed E-state index contributed by atoms with van der Waals surface area (Å²) in [6, 6.07) is 7.04. The van der Waals surface area contributed by atoms with Crippen molar-refractivity contribution in [2.45, 2.75) is 23.9 Å². The number of hydrogen-bond donors (Lipinski definition) is 1. The van der Waals surface area contributed by atoms with Crippen molar-refractivity contribution in [3.8, 4) is 5.75 Å². The zero-order valence-corrected chi connectivity index (χ0v) is 12.3. The molecule has 0 saturated carbocycles. The molecule has 0 aliphatic rings. The lowest BCUT2D eigenvalue weighted by atomic mass is 10.2. The molecule has 100 valence electrons. The highest BCUT2D eigenvalue weighted by atomic mass is 32.2. The Morgan fingerprint density at radius 2 is 1.68 bits per heavy atom. The van der Waals surface area contributed by atoms with Crippen LogP contribution in [0.2, 0.25) is 0 Å². The van der Waals surface area contributed by atoms with Crippen LogP contribution < -0.4 is 4.90 Å². The van der Waals surface area contributed by atoms with E-state index >= 15 is 0 Å². The zero-order valence-electron chi connectivity index (χ0n) is 11.5. The smallest absolute Gasteiger partial charge is 0.194 e. The molecule has 0 fully saturated rings. The van der Waals surface area contributed by atoms with Crippen molar-refractivity contribution >= 4 is 17.6 Å². The Bertz CT molecular complexity index is 582. The molecular weight excluding hydrogens is 258 g/mol. The highest BCUT2D eigenvalue weighted by molar-refractivity contribution is 7.99. The third kappa shape index (κ3) is 3.17. The molecule has 2 aromatic rings. The second-order valence-corrected chi connectivity index (χ2v) is 5.57. The van der Waals surface area contributed by atoms with E-state index in [0.717, 1.165) is 27.1 Å². The molecule has 5 heteroatoms. The van der Waals surface area contributed by atoms with E-state index in [0.29, 0.717) is 0 Å². The van der Waals surface area contributed by atoms with Crippen LogP contribution in [-0.4, -0.2) is 29.2 Å². The molecule has 1 heterocycles. The van der Waals surface area contributed by atoms with E-state index in [1.165, 1.54) is 11.8 Å². The fourth-order valence-electron chi connectivity index (χ4n) is 1.69. The number of anilines is 1. The Labute approximate surface area is 117 Å². The quantitative estimate of drug-likeness (QED) is 0.873. The first-order valence-electron chi connectivity index (χ1n) is 5.97. The Balaban J connectivity index is 2.33. The first-order chi connectivity index (χ1) is 8.97. The van der Waals surface area contributed by atoms with Crippen molar-refractivity contribution in [3.05, 3.63) is 35.5 Å². The van der Waals surface area contributed by atoms with Gasteiger partial charge in [-0.15, -0.1) is 0 Å². The maximum atomic E-state index is 9.27. The van der Waals surface area contributed by atoms with Crippen molar-refractivity contribution in [3.63, 3.8) is 0 Å². The lowest BCUT2D eigenvalue weighted by molar-refractivity contribution is 0.475. The van der Waals surface area contributed by atoms with Gasteiger partial charge in [0.2, 0.25) is 0 Å². The molecular formula is C14H17N3OS. The van der Waals surface area contributed by atoms with Gasteiger partial charge in [0, 0.05) is 30.2 Å². The van der Waals surface area contributed by atoms with Gasteiger partial charge in [-0.3, -0.25) is 0 Å². The van der Waals surface area contributed by atoms with E-state index in [-0.39, 0.29) is 5.75 Å². The van der Waals surface area contributed by atoms with Gasteiger partial charge >= 0.3 is 0 Å². The topological polar surface area (TPSA) is 49.3 Å². The molecule has 0 spiro atoms. The van der Waals surface area contributed by atoms with Gasteiger partial charge in [0.1, 0.15) is 11.6 Å². The number of rotatable bonds is 3. The number of nitrogens with zero attached hydrogens (tertiary/aromatic N) is 3. The number of aromatic nitrogens is 2. The van der Waals surface area contributed by atoms with Gasteiger partial charge in [0.05, 0.1) is 0 Å². The van der Waals surface area contributed by atoms with E-state index in [4.69, 9.17) is 0 Å². The molecule has 1 aromatic heterocycles. The number of phenolic OH excluding ortho intramolecular Hbond substituents is 1. The average Bonchev–Trinajstić information content (AvgIpc) is 2.36. The third-order valence-corrected chi connectivity index (χ3v) is 3.69. The largest absolute Gasteiger partial charge is 0.508 e. The monoisotopic (exact) mass is 275 g/mol. The van der Waals surface area contributed by atoms with Crippen LogP contribution in [0.4, 0.5) is 5.82 Å². The molecule has 4 nitrogen and oxygen atoms in total. The van der Waals surface area contributed by atoms with Gasteiger partial charge in [-0.05, 0) is 49.9 Å². The standard InChI is InChI=1S/C14H17N3OS/c1-9-10(2)15-14(16-13(9)17(3)4)19-12-7-5-11(18)6-8-12/h5-8,18H,1-4H3. The normalized spacial score (nSPS) is 10.5. The SMILES string of the molecule is Cc1nc(Sc2ccc(O)cc2)nc(N(C)C)c1C.